The van der Waals surface area contributed by atoms with Crippen molar-refractivity contribution in [3.05, 3.63) is 63.8 Å². The van der Waals surface area contributed by atoms with Crippen molar-refractivity contribution in [2.24, 2.45) is 12.0 Å². The molecule has 112 valence electrons. The highest BCUT2D eigenvalue weighted by Gasteiger charge is 2.33. The van der Waals surface area contributed by atoms with Crippen LogP contribution in [0.1, 0.15) is 48.4 Å². The number of nitrogens with zero attached hydrogens (tertiary/aromatic N) is 3. The second kappa shape index (κ2) is 5.20. The van der Waals surface area contributed by atoms with Crippen molar-refractivity contribution < 1.29 is 0 Å². The van der Waals surface area contributed by atoms with Crippen molar-refractivity contribution in [3.63, 3.8) is 0 Å². The third-order valence-electron chi connectivity index (χ3n) is 4.86. The molecule has 0 saturated heterocycles. The van der Waals surface area contributed by atoms with E-state index in [1.54, 1.807) is 13.2 Å². The molecule has 0 amide bonds. The number of hydrogen-bond donors (Lipinski definition) is 0. The van der Waals surface area contributed by atoms with Gasteiger partial charge in [-0.05, 0) is 24.5 Å². The van der Waals surface area contributed by atoms with Crippen LogP contribution in [0.5, 0.6) is 0 Å². The summed E-state index contributed by atoms with van der Waals surface area (Å²) in [6.07, 6.45) is 6.63. The lowest BCUT2D eigenvalue weighted by molar-refractivity contribution is 0.383. The van der Waals surface area contributed by atoms with E-state index >= 15 is 0 Å². The number of aromatic nitrogens is 2. The maximum Gasteiger partial charge on any atom is 0.347 e. The van der Waals surface area contributed by atoms with Gasteiger partial charge in [0.25, 0.3) is 0 Å². The van der Waals surface area contributed by atoms with Crippen molar-refractivity contribution in [2.45, 2.75) is 37.6 Å². The number of aryl methyl sites for hydroxylation is 1. The van der Waals surface area contributed by atoms with E-state index in [2.05, 4.69) is 23.2 Å². The van der Waals surface area contributed by atoms with E-state index in [9.17, 15) is 4.79 Å². The van der Waals surface area contributed by atoms with Gasteiger partial charge in [0.15, 0.2) is 0 Å². The molecular formula is C18H19N3O. The Balaban J connectivity index is 1.88. The van der Waals surface area contributed by atoms with Crippen LogP contribution in [0.4, 0.5) is 0 Å². The molecule has 4 heteroatoms. The van der Waals surface area contributed by atoms with Gasteiger partial charge in [0.05, 0.1) is 17.4 Å². The van der Waals surface area contributed by atoms with Crippen LogP contribution in [0.15, 0.2) is 46.3 Å². The van der Waals surface area contributed by atoms with Gasteiger partial charge in [0.1, 0.15) is 0 Å². The van der Waals surface area contributed by atoms with Gasteiger partial charge in [-0.2, -0.15) is 4.98 Å². The Bertz CT molecular complexity index is 806. The van der Waals surface area contributed by atoms with Crippen molar-refractivity contribution in [2.75, 3.05) is 0 Å². The van der Waals surface area contributed by atoms with Crippen LogP contribution in [0.3, 0.4) is 0 Å². The third-order valence-corrected chi connectivity index (χ3v) is 4.86. The molecule has 0 spiro atoms. The number of fused-ring (bicyclic) bond motifs is 3. The smallest absolute Gasteiger partial charge is 0.302 e. The van der Waals surface area contributed by atoms with E-state index in [-0.39, 0.29) is 5.69 Å². The topological polar surface area (TPSA) is 47.2 Å². The number of benzene rings is 1. The van der Waals surface area contributed by atoms with Gasteiger partial charge >= 0.3 is 5.69 Å². The zero-order valence-corrected chi connectivity index (χ0v) is 12.7. The third kappa shape index (κ3) is 2.10. The highest BCUT2D eigenvalue weighted by atomic mass is 16.1. The molecule has 1 aromatic carbocycles. The van der Waals surface area contributed by atoms with Crippen molar-refractivity contribution in [1.29, 1.82) is 0 Å². The van der Waals surface area contributed by atoms with Gasteiger partial charge in [-0.25, -0.2) is 4.79 Å². The van der Waals surface area contributed by atoms with Crippen molar-refractivity contribution >= 4 is 5.71 Å². The Morgan fingerprint density at radius 3 is 2.82 bits per heavy atom. The molecule has 4 rings (SSSR count). The van der Waals surface area contributed by atoms with Crippen LogP contribution in [-0.4, -0.2) is 21.3 Å². The van der Waals surface area contributed by atoms with Gasteiger partial charge in [-0.15, -0.1) is 0 Å². The minimum Gasteiger partial charge on any atom is -0.302 e. The first-order chi connectivity index (χ1) is 10.7. The van der Waals surface area contributed by atoms with Crippen LogP contribution >= 0.6 is 0 Å². The fraction of sp³-hybridized carbons (Fsp3) is 0.389. The first-order valence-corrected chi connectivity index (χ1v) is 7.95. The van der Waals surface area contributed by atoms with E-state index in [1.165, 1.54) is 29.4 Å². The first-order valence-electron chi connectivity index (χ1n) is 7.95. The lowest BCUT2D eigenvalue weighted by Gasteiger charge is -2.35. The monoisotopic (exact) mass is 293 g/mol. The molecule has 1 aliphatic heterocycles. The molecule has 0 radical (unpaired) electrons. The summed E-state index contributed by atoms with van der Waals surface area (Å²) in [7, 11) is 1.72. The Hall–Kier alpha value is -2.23. The highest BCUT2D eigenvalue weighted by molar-refractivity contribution is 6.13. The Morgan fingerprint density at radius 1 is 1.14 bits per heavy atom. The summed E-state index contributed by atoms with van der Waals surface area (Å²) >= 11 is 0. The molecule has 1 saturated carbocycles. The maximum atomic E-state index is 11.9. The predicted molar refractivity (Wildman–Crippen MR) is 86.6 cm³/mol. The van der Waals surface area contributed by atoms with Crippen LogP contribution in [0.25, 0.3) is 0 Å². The Kier molecular flexibility index (Phi) is 3.17. The van der Waals surface area contributed by atoms with E-state index in [4.69, 9.17) is 4.99 Å². The summed E-state index contributed by atoms with van der Waals surface area (Å²) in [5.41, 5.74) is 3.87. The number of aliphatic imine (C=N–C) groups is 1. The SMILES string of the molecule is Cn1ccc(C2=NC3CCCCC3c3ccccc32)nc1=O. The lowest BCUT2D eigenvalue weighted by atomic mass is 9.75. The molecule has 2 unspecified atom stereocenters. The van der Waals surface area contributed by atoms with E-state index in [0.29, 0.717) is 17.7 Å². The maximum absolute atomic E-state index is 11.9. The van der Waals surface area contributed by atoms with Gasteiger partial charge in [-0.3, -0.25) is 4.99 Å². The van der Waals surface area contributed by atoms with Crippen LogP contribution in [0, 0.1) is 0 Å². The second-order valence-corrected chi connectivity index (χ2v) is 6.23. The Morgan fingerprint density at radius 2 is 1.95 bits per heavy atom. The Labute approximate surface area is 129 Å². The molecule has 2 heterocycles. The van der Waals surface area contributed by atoms with E-state index in [1.807, 2.05) is 12.1 Å². The van der Waals surface area contributed by atoms with Gasteiger partial charge < -0.3 is 4.57 Å². The standard InChI is InChI=1S/C18H19N3O/c1-21-11-10-16(20-18(21)22)17-14-8-3-2-6-12(14)13-7-4-5-9-15(13)19-17/h2-3,6,8,10-11,13,15H,4-5,7,9H2,1H3. The molecule has 1 aromatic heterocycles. The summed E-state index contributed by atoms with van der Waals surface area (Å²) in [6.45, 7) is 0. The summed E-state index contributed by atoms with van der Waals surface area (Å²) in [5.74, 6) is 0.528. The van der Waals surface area contributed by atoms with Crippen LogP contribution in [-0.2, 0) is 7.05 Å². The zero-order chi connectivity index (χ0) is 15.1. The molecule has 4 nitrogen and oxygen atoms in total. The van der Waals surface area contributed by atoms with E-state index < -0.39 is 0 Å². The molecule has 0 N–H and O–H groups in total. The second-order valence-electron chi connectivity index (χ2n) is 6.23. The largest absolute Gasteiger partial charge is 0.347 e. The van der Waals surface area contributed by atoms with Crippen LogP contribution < -0.4 is 5.69 Å². The molecule has 2 aliphatic rings. The summed E-state index contributed by atoms with van der Waals surface area (Å²) in [6, 6.07) is 10.7. The predicted octanol–water partition coefficient (Wildman–Crippen LogP) is 2.66. The molecule has 1 aliphatic carbocycles. The molecule has 0 bridgehead atoms. The zero-order valence-electron chi connectivity index (χ0n) is 12.7. The minimum atomic E-state index is -0.233. The van der Waals surface area contributed by atoms with Crippen molar-refractivity contribution in [1.82, 2.24) is 9.55 Å². The summed E-state index contributed by atoms with van der Waals surface area (Å²) in [5, 5.41) is 0. The minimum absolute atomic E-state index is 0.233. The van der Waals surface area contributed by atoms with Gasteiger partial charge in [0, 0.05) is 24.7 Å². The van der Waals surface area contributed by atoms with Gasteiger partial charge in [-0.1, -0.05) is 37.1 Å². The van der Waals surface area contributed by atoms with Crippen molar-refractivity contribution in [3.8, 4) is 0 Å². The molecule has 2 atom stereocenters. The van der Waals surface area contributed by atoms with Gasteiger partial charge in [0.2, 0.25) is 0 Å². The summed E-state index contributed by atoms with van der Waals surface area (Å²) in [4.78, 5) is 21.1. The quantitative estimate of drug-likeness (QED) is 0.811. The first kappa shape index (κ1) is 13.4. The summed E-state index contributed by atoms with van der Waals surface area (Å²) < 4.78 is 1.49. The fourth-order valence-electron chi connectivity index (χ4n) is 3.70. The number of rotatable bonds is 1. The molecule has 22 heavy (non-hydrogen) atoms. The van der Waals surface area contributed by atoms with E-state index in [0.717, 1.165) is 17.7 Å². The number of hydrogen-bond acceptors (Lipinski definition) is 3. The highest BCUT2D eigenvalue weighted by Crippen LogP contribution is 2.40. The average Bonchev–Trinajstić information content (AvgIpc) is 2.57. The normalized spacial score (nSPS) is 23.4. The average molecular weight is 293 g/mol. The lowest BCUT2D eigenvalue weighted by Crippen LogP contribution is -2.31. The molecule has 1 fully saturated rings. The van der Waals surface area contributed by atoms with Crippen LogP contribution in [0.2, 0.25) is 0 Å². The molecule has 2 aromatic rings. The molecular weight excluding hydrogens is 274 g/mol. The fourth-order valence-corrected chi connectivity index (χ4v) is 3.70.